The van der Waals surface area contributed by atoms with Crippen LogP contribution in [-0.2, 0) is 35.3 Å². The first-order chi connectivity index (χ1) is 13.0. The van der Waals surface area contributed by atoms with E-state index < -0.39 is 32.9 Å². The summed E-state index contributed by atoms with van der Waals surface area (Å²) in [7, 11) is -2.02. The Morgan fingerprint density at radius 1 is 1.29 bits per heavy atom. The fourth-order valence-corrected chi connectivity index (χ4v) is 4.70. The van der Waals surface area contributed by atoms with E-state index in [0.717, 1.165) is 0 Å². The van der Waals surface area contributed by atoms with Crippen LogP contribution in [0.1, 0.15) is 45.1 Å². The molecule has 1 amide bonds. The van der Waals surface area contributed by atoms with Gasteiger partial charge in [-0.25, -0.2) is 23.2 Å². The van der Waals surface area contributed by atoms with Gasteiger partial charge < -0.3 is 14.4 Å². The van der Waals surface area contributed by atoms with Crippen LogP contribution >= 0.6 is 0 Å². The van der Waals surface area contributed by atoms with Crippen molar-refractivity contribution >= 4 is 21.9 Å². The zero-order chi connectivity index (χ0) is 20.7. The standard InChI is InChI=1S/C18H25N3O6S/c1-17(2,3)27-16(23)21-10-18(11-21,15(22)26-4)13-7-8-19-14(20-13)9-28(24,25)12-5-6-12/h7-8,12H,5-6,9-11H2,1-4H3. The van der Waals surface area contributed by atoms with E-state index in [0.29, 0.717) is 18.5 Å². The van der Waals surface area contributed by atoms with E-state index in [1.807, 2.05) is 0 Å². The van der Waals surface area contributed by atoms with Crippen molar-refractivity contribution in [1.29, 1.82) is 0 Å². The number of carbonyl (C=O) groups is 2. The average molecular weight is 411 g/mol. The molecule has 1 aliphatic carbocycles. The molecule has 10 heteroatoms. The topological polar surface area (TPSA) is 116 Å². The van der Waals surface area contributed by atoms with Crippen molar-refractivity contribution in [2.75, 3.05) is 20.2 Å². The van der Waals surface area contributed by atoms with Gasteiger partial charge in [-0.2, -0.15) is 0 Å². The zero-order valence-corrected chi connectivity index (χ0v) is 17.3. The molecule has 0 atom stereocenters. The SMILES string of the molecule is COC(=O)C1(c2ccnc(CS(=O)(=O)C3CC3)n2)CN(C(=O)OC(C)(C)C)C1. The van der Waals surface area contributed by atoms with Crippen molar-refractivity contribution in [3.63, 3.8) is 0 Å². The molecule has 1 saturated heterocycles. The van der Waals surface area contributed by atoms with Gasteiger partial charge in [0.2, 0.25) is 0 Å². The number of likely N-dealkylation sites (tertiary alicyclic amines) is 1. The summed E-state index contributed by atoms with van der Waals surface area (Å²) in [6.07, 6.45) is 2.23. The third-order valence-electron chi connectivity index (χ3n) is 4.71. The van der Waals surface area contributed by atoms with Crippen molar-refractivity contribution in [2.24, 2.45) is 0 Å². The van der Waals surface area contributed by atoms with Crippen LogP contribution in [-0.4, -0.2) is 66.4 Å². The Bertz CT molecular complexity index is 883. The van der Waals surface area contributed by atoms with Crippen LogP contribution in [0.15, 0.2) is 12.3 Å². The van der Waals surface area contributed by atoms with Crippen molar-refractivity contribution in [2.45, 2.75) is 55.6 Å². The first kappa shape index (κ1) is 20.5. The molecule has 0 bridgehead atoms. The summed E-state index contributed by atoms with van der Waals surface area (Å²) in [6.45, 7) is 5.36. The lowest BCUT2D eigenvalue weighted by molar-refractivity contribution is -0.154. The van der Waals surface area contributed by atoms with Crippen LogP contribution in [0, 0.1) is 0 Å². The number of methoxy groups -OCH3 is 1. The molecule has 1 aliphatic heterocycles. The minimum atomic E-state index is -3.29. The third-order valence-corrected chi connectivity index (χ3v) is 6.86. The Morgan fingerprint density at radius 2 is 1.93 bits per heavy atom. The monoisotopic (exact) mass is 411 g/mol. The molecule has 1 saturated carbocycles. The fraction of sp³-hybridized carbons (Fsp3) is 0.667. The minimum absolute atomic E-state index is 0.0421. The smallest absolute Gasteiger partial charge is 0.410 e. The molecule has 0 unspecified atom stereocenters. The molecular formula is C18H25N3O6S. The zero-order valence-electron chi connectivity index (χ0n) is 16.5. The summed E-state index contributed by atoms with van der Waals surface area (Å²) in [5, 5.41) is -0.319. The van der Waals surface area contributed by atoms with Crippen molar-refractivity contribution in [1.82, 2.24) is 14.9 Å². The van der Waals surface area contributed by atoms with Crippen molar-refractivity contribution in [3.8, 4) is 0 Å². The van der Waals surface area contributed by atoms with Gasteiger partial charge in [0.15, 0.2) is 9.84 Å². The number of sulfone groups is 1. The number of hydrogen-bond acceptors (Lipinski definition) is 8. The molecule has 2 fully saturated rings. The highest BCUT2D eigenvalue weighted by atomic mass is 32.2. The lowest BCUT2D eigenvalue weighted by Gasteiger charge is -2.47. The molecule has 2 aliphatic rings. The Kier molecular flexibility index (Phi) is 5.11. The quantitative estimate of drug-likeness (QED) is 0.664. The molecule has 0 spiro atoms. The van der Waals surface area contributed by atoms with E-state index in [2.05, 4.69) is 9.97 Å². The first-order valence-corrected chi connectivity index (χ1v) is 10.8. The molecular weight excluding hydrogens is 386 g/mol. The lowest BCUT2D eigenvalue weighted by Crippen LogP contribution is -2.66. The molecule has 2 heterocycles. The van der Waals surface area contributed by atoms with Crippen LogP contribution in [0.5, 0.6) is 0 Å². The largest absolute Gasteiger partial charge is 0.468 e. The van der Waals surface area contributed by atoms with Crippen LogP contribution < -0.4 is 0 Å². The van der Waals surface area contributed by atoms with E-state index in [1.165, 1.54) is 18.2 Å². The van der Waals surface area contributed by atoms with Crippen LogP contribution in [0.4, 0.5) is 4.79 Å². The summed E-state index contributed by atoms with van der Waals surface area (Å²) in [5.74, 6) is -0.663. The third kappa shape index (κ3) is 4.11. The summed E-state index contributed by atoms with van der Waals surface area (Å²) in [6, 6.07) is 1.55. The highest BCUT2D eigenvalue weighted by Gasteiger charge is 2.55. The maximum absolute atomic E-state index is 12.5. The fourth-order valence-electron chi connectivity index (χ4n) is 3.11. The van der Waals surface area contributed by atoms with Crippen LogP contribution in [0.3, 0.4) is 0 Å². The average Bonchev–Trinajstić information content (AvgIpc) is 3.37. The predicted octanol–water partition coefficient (Wildman–Crippen LogP) is 1.22. The Hall–Kier alpha value is -2.23. The van der Waals surface area contributed by atoms with E-state index in [4.69, 9.17) is 9.47 Å². The van der Waals surface area contributed by atoms with Gasteiger partial charge in [0.1, 0.15) is 22.6 Å². The summed E-state index contributed by atoms with van der Waals surface area (Å²) >= 11 is 0. The van der Waals surface area contributed by atoms with Gasteiger partial charge >= 0.3 is 12.1 Å². The summed E-state index contributed by atoms with van der Waals surface area (Å²) < 4.78 is 34.7. The van der Waals surface area contributed by atoms with Crippen molar-refractivity contribution in [3.05, 3.63) is 23.8 Å². The Balaban J connectivity index is 1.81. The second-order valence-corrected chi connectivity index (χ2v) is 10.6. The summed E-state index contributed by atoms with van der Waals surface area (Å²) in [4.78, 5) is 34.5. The number of amides is 1. The molecule has 3 rings (SSSR count). The predicted molar refractivity (Wildman–Crippen MR) is 99.2 cm³/mol. The molecule has 1 aromatic heterocycles. The van der Waals surface area contributed by atoms with E-state index in [9.17, 15) is 18.0 Å². The number of ether oxygens (including phenoxy) is 2. The number of esters is 1. The highest BCUT2D eigenvalue weighted by Crippen LogP contribution is 2.36. The van der Waals surface area contributed by atoms with Gasteiger partial charge in [-0.1, -0.05) is 0 Å². The van der Waals surface area contributed by atoms with Gasteiger partial charge in [0.05, 0.1) is 18.1 Å². The summed E-state index contributed by atoms with van der Waals surface area (Å²) in [5.41, 5.74) is -1.47. The molecule has 28 heavy (non-hydrogen) atoms. The Morgan fingerprint density at radius 3 is 2.46 bits per heavy atom. The number of nitrogens with zero attached hydrogens (tertiary/aromatic N) is 3. The minimum Gasteiger partial charge on any atom is -0.468 e. The van der Waals surface area contributed by atoms with Crippen LogP contribution in [0.25, 0.3) is 0 Å². The van der Waals surface area contributed by atoms with Crippen LogP contribution in [0.2, 0.25) is 0 Å². The van der Waals surface area contributed by atoms with Gasteiger partial charge in [-0.15, -0.1) is 0 Å². The number of carbonyl (C=O) groups excluding carboxylic acids is 2. The van der Waals surface area contributed by atoms with Gasteiger partial charge in [0.25, 0.3) is 0 Å². The van der Waals surface area contributed by atoms with Gasteiger partial charge in [-0.3, -0.25) is 4.79 Å². The van der Waals surface area contributed by atoms with E-state index in [-0.39, 0.29) is 29.9 Å². The normalized spacial score (nSPS) is 18.9. The van der Waals surface area contributed by atoms with E-state index in [1.54, 1.807) is 26.8 Å². The molecule has 154 valence electrons. The number of hydrogen-bond donors (Lipinski definition) is 0. The lowest BCUT2D eigenvalue weighted by atomic mass is 9.76. The molecule has 0 radical (unpaired) electrons. The second kappa shape index (κ2) is 6.98. The second-order valence-electron chi connectivity index (χ2n) is 8.27. The highest BCUT2D eigenvalue weighted by molar-refractivity contribution is 7.91. The van der Waals surface area contributed by atoms with Gasteiger partial charge in [0, 0.05) is 19.3 Å². The van der Waals surface area contributed by atoms with Crippen molar-refractivity contribution < 1.29 is 27.5 Å². The molecule has 9 nitrogen and oxygen atoms in total. The van der Waals surface area contributed by atoms with Gasteiger partial charge in [-0.05, 0) is 39.7 Å². The number of rotatable bonds is 5. The Labute approximate surface area is 164 Å². The maximum atomic E-state index is 12.5. The molecule has 1 aromatic rings. The maximum Gasteiger partial charge on any atom is 0.410 e. The first-order valence-electron chi connectivity index (χ1n) is 9.07. The number of aromatic nitrogens is 2. The molecule has 0 aromatic carbocycles. The molecule has 0 N–H and O–H groups in total. The van der Waals surface area contributed by atoms with E-state index >= 15 is 0 Å².